The second kappa shape index (κ2) is 7.03. The van der Waals surface area contributed by atoms with Crippen LogP contribution in [0.3, 0.4) is 0 Å². The number of benzene rings is 1. The first-order chi connectivity index (χ1) is 8.11. The molecule has 1 aromatic carbocycles. The second-order valence-electron chi connectivity index (χ2n) is 4.77. The molecular formula is C15H24ClN. The van der Waals surface area contributed by atoms with Crippen molar-refractivity contribution in [3.05, 3.63) is 34.3 Å². The summed E-state index contributed by atoms with van der Waals surface area (Å²) in [6.07, 6.45) is 2.33. The number of hydrogen-bond donors (Lipinski definition) is 1. The lowest BCUT2D eigenvalue weighted by Gasteiger charge is -2.26. The van der Waals surface area contributed by atoms with Crippen molar-refractivity contribution in [3.63, 3.8) is 0 Å². The Morgan fingerprint density at radius 2 is 2.00 bits per heavy atom. The Bertz CT molecular complexity index is 349. The Morgan fingerprint density at radius 1 is 1.29 bits per heavy atom. The molecule has 17 heavy (non-hydrogen) atoms. The van der Waals surface area contributed by atoms with Crippen molar-refractivity contribution in [2.24, 2.45) is 5.92 Å². The Balaban J connectivity index is 2.99. The molecule has 0 amide bonds. The van der Waals surface area contributed by atoms with E-state index in [9.17, 15) is 0 Å². The summed E-state index contributed by atoms with van der Waals surface area (Å²) in [4.78, 5) is 0. The van der Waals surface area contributed by atoms with Crippen molar-refractivity contribution in [2.45, 2.75) is 46.6 Å². The Labute approximate surface area is 111 Å². The smallest absolute Gasteiger partial charge is 0.0438 e. The fraction of sp³-hybridized carbons (Fsp3) is 0.600. The number of hydrogen-bond acceptors (Lipinski definition) is 1. The van der Waals surface area contributed by atoms with Crippen LogP contribution < -0.4 is 5.32 Å². The van der Waals surface area contributed by atoms with E-state index in [2.05, 4.69) is 39.1 Å². The van der Waals surface area contributed by atoms with Gasteiger partial charge in [0.05, 0.1) is 0 Å². The molecule has 0 aliphatic rings. The summed E-state index contributed by atoms with van der Waals surface area (Å²) >= 11 is 6.21. The fourth-order valence-corrected chi connectivity index (χ4v) is 2.30. The molecule has 2 atom stereocenters. The Morgan fingerprint density at radius 3 is 2.59 bits per heavy atom. The summed E-state index contributed by atoms with van der Waals surface area (Å²) < 4.78 is 0. The Hall–Kier alpha value is -0.530. The van der Waals surface area contributed by atoms with Gasteiger partial charge in [0.15, 0.2) is 0 Å². The number of rotatable bonds is 6. The third-order valence-corrected chi connectivity index (χ3v) is 3.88. The lowest BCUT2D eigenvalue weighted by atomic mass is 9.89. The van der Waals surface area contributed by atoms with Crippen molar-refractivity contribution < 1.29 is 0 Å². The van der Waals surface area contributed by atoms with Gasteiger partial charge in [-0.05, 0) is 43.0 Å². The van der Waals surface area contributed by atoms with Gasteiger partial charge in [0.25, 0.3) is 0 Å². The third-order valence-electron chi connectivity index (χ3n) is 3.47. The van der Waals surface area contributed by atoms with Crippen LogP contribution in [0.25, 0.3) is 0 Å². The maximum absolute atomic E-state index is 6.21. The molecule has 0 fully saturated rings. The van der Waals surface area contributed by atoms with Crippen molar-refractivity contribution >= 4 is 11.6 Å². The van der Waals surface area contributed by atoms with Gasteiger partial charge in [-0.3, -0.25) is 0 Å². The molecule has 0 aliphatic carbocycles. The van der Waals surface area contributed by atoms with Crippen molar-refractivity contribution in [1.29, 1.82) is 0 Å². The summed E-state index contributed by atoms with van der Waals surface area (Å²) in [6.45, 7) is 9.91. The van der Waals surface area contributed by atoms with E-state index in [0.29, 0.717) is 12.0 Å². The maximum Gasteiger partial charge on any atom is 0.0438 e. The van der Waals surface area contributed by atoms with Gasteiger partial charge in [0.1, 0.15) is 0 Å². The lowest BCUT2D eigenvalue weighted by Crippen LogP contribution is -2.28. The summed E-state index contributed by atoms with van der Waals surface area (Å²) in [7, 11) is 0. The maximum atomic E-state index is 6.21. The summed E-state index contributed by atoms with van der Waals surface area (Å²) in [5.41, 5.74) is 2.56. The largest absolute Gasteiger partial charge is 0.310 e. The molecule has 96 valence electrons. The molecule has 0 saturated heterocycles. The van der Waals surface area contributed by atoms with E-state index in [1.165, 1.54) is 17.5 Å². The van der Waals surface area contributed by atoms with Gasteiger partial charge in [-0.2, -0.15) is 0 Å². The highest BCUT2D eigenvalue weighted by atomic mass is 35.5. The molecule has 0 aliphatic heterocycles. The molecule has 1 aromatic rings. The first-order valence-electron chi connectivity index (χ1n) is 6.60. The lowest BCUT2D eigenvalue weighted by molar-refractivity contribution is 0.376. The van der Waals surface area contributed by atoms with Crippen molar-refractivity contribution in [2.75, 3.05) is 6.54 Å². The highest BCUT2D eigenvalue weighted by molar-refractivity contribution is 6.31. The van der Waals surface area contributed by atoms with Crippen LogP contribution in [0.15, 0.2) is 18.2 Å². The third kappa shape index (κ3) is 3.72. The quantitative estimate of drug-likeness (QED) is 0.773. The SMILES string of the molecule is CCCNC(c1cccc(Cl)c1C)C(C)CC. The standard InChI is InChI=1S/C15H24ClN/c1-5-10-17-15(11(3)6-2)13-8-7-9-14(16)12(13)4/h7-9,11,15,17H,5-6,10H2,1-4H3. The van der Waals surface area contributed by atoms with Gasteiger partial charge in [-0.1, -0.05) is 50.9 Å². The van der Waals surface area contributed by atoms with E-state index in [-0.39, 0.29) is 0 Å². The number of halogens is 1. The Kier molecular flexibility index (Phi) is 6.01. The minimum absolute atomic E-state index is 0.415. The van der Waals surface area contributed by atoms with Crippen molar-refractivity contribution in [1.82, 2.24) is 5.32 Å². The first-order valence-corrected chi connectivity index (χ1v) is 6.98. The van der Waals surface area contributed by atoms with Gasteiger partial charge in [0, 0.05) is 11.1 Å². The highest BCUT2D eigenvalue weighted by Gasteiger charge is 2.19. The van der Waals surface area contributed by atoms with E-state index < -0.39 is 0 Å². The van der Waals surface area contributed by atoms with Crippen LogP contribution in [0.4, 0.5) is 0 Å². The highest BCUT2D eigenvalue weighted by Crippen LogP contribution is 2.30. The van der Waals surface area contributed by atoms with Gasteiger partial charge in [-0.15, -0.1) is 0 Å². The zero-order valence-corrected chi connectivity index (χ0v) is 12.1. The topological polar surface area (TPSA) is 12.0 Å². The molecule has 0 bridgehead atoms. The molecular weight excluding hydrogens is 230 g/mol. The van der Waals surface area contributed by atoms with E-state index in [0.717, 1.165) is 18.0 Å². The van der Waals surface area contributed by atoms with Crippen LogP contribution in [0.5, 0.6) is 0 Å². The molecule has 1 rings (SSSR count). The van der Waals surface area contributed by atoms with E-state index in [1.807, 2.05) is 12.1 Å². The molecule has 0 spiro atoms. The normalized spacial score (nSPS) is 14.6. The monoisotopic (exact) mass is 253 g/mol. The molecule has 2 unspecified atom stereocenters. The minimum atomic E-state index is 0.415. The molecule has 0 aromatic heterocycles. The van der Waals surface area contributed by atoms with E-state index in [4.69, 9.17) is 11.6 Å². The molecule has 0 heterocycles. The predicted molar refractivity (Wildman–Crippen MR) is 76.7 cm³/mol. The average molecular weight is 254 g/mol. The molecule has 0 radical (unpaired) electrons. The second-order valence-corrected chi connectivity index (χ2v) is 5.18. The summed E-state index contributed by atoms with van der Waals surface area (Å²) in [6, 6.07) is 6.63. The van der Waals surface area contributed by atoms with Crippen LogP contribution in [-0.2, 0) is 0 Å². The van der Waals surface area contributed by atoms with E-state index >= 15 is 0 Å². The number of nitrogens with one attached hydrogen (secondary N) is 1. The zero-order valence-electron chi connectivity index (χ0n) is 11.4. The summed E-state index contributed by atoms with van der Waals surface area (Å²) in [5, 5.41) is 4.52. The zero-order chi connectivity index (χ0) is 12.8. The first kappa shape index (κ1) is 14.5. The van der Waals surface area contributed by atoms with Crippen LogP contribution >= 0.6 is 11.6 Å². The van der Waals surface area contributed by atoms with Crippen LogP contribution in [-0.4, -0.2) is 6.54 Å². The van der Waals surface area contributed by atoms with E-state index in [1.54, 1.807) is 0 Å². The summed E-state index contributed by atoms with van der Waals surface area (Å²) in [5.74, 6) is 0.624. The van der Waals surface area contributed by atoms with Gasteiger partial charge < -0.3 is 5.32 Å². The van der Waals surface area contributed by atoms with Crippen LogP contribution in [0.1, 0.15) is 50.8 Å². The average Bonchev–Trinajstić information content (AvgIpc) is 2.34. The minimum Gasteiger partial charge on any atom is -0.310 e. The molecule has 0 saturated carbocycles. The fourth-order valence-electron chi connectivity index (χ4n) is 2.11. The van der Waals surface area contributed by atoms with Crippen LogP contribution in [0, 0.1) is 12.8 Å². The molecule has 2 heteroatoms. The van der Waals surface area contributed by atoms with Gasteiger partial charge in [0.2, 0.25) is 0 Å². The predicted octanol–water partition coefficient (Wildman–Crippen LogP) is 4.74. The van der Waals surface area contributed by atoms with Crippen LogP contribution in [0.2, 0.25) is 5.02 Å². The molecule has 1 nitrogen and oxygen atoms in total. The molecule has 1 N–H and O–H groups in total. The van der Waals surface area contributed by atoms with Gasteiger partial charge >= 0.3 is 0 Å². The van der Waals surface area contributed by atoms with Gasteiger partial charge in [-0.25, -0.2) is 0 Å². The van der Waals surface area contributed by atoms with Crippen molar-refractivity contribution in [3.8, 4) is 0 Å².